The summed E-state index contributed by atoms with van der Waals surface area (Å²) >= 11 is 0. The van der Waals surface area contributed by atoms with E-state index in [4.69, 9.17) is 0 Å². The van der Waals surface area contributed by atoms with Crippen LogP contribution in [0.1, 0.15) is 12.8 Å². The third-order valence-electron chi connectivity index (χ3n) is 1.85. The Kier molecular flexibility index (Phi) is 2.33. The summed E-state index contributed by atoms with van der Waals surface area (Å²) in [6, 6.07) is 0. The highest BCUT2D eigenvalue weighted by Gasteiger charge is 2.40. The van der Waals surface area contributed by atoms with Crippen molar-refractivity contribution in [2.24, 2.45) is 0 Å². The number of halogens is 3. The summed E-state index contributed by atoms with van der Waals surface area (Å²) in [6.07, 6.45) is -3.28. The van der Waals surface area contributed by atoms with Crippen LogP contribution >= 0.6 is 7.14 Å². The largest absolute Gasteiger partial charge is 0.395 e. The molecule has 0 aromatic rings. The van der Waals surface area contributed by atoms with Crippen LogP contribution in [0.25, 0.3) is 0 Å². The van der Waals surface area contributed by atoms with Gasteiger partial charge >= 0.3 is 6.18 Å². The third kappa shape index (κ3) is 2.86. The Hall–Kier alpha value is 0.0200. The van der Waals surface area contributed by atoms with E-state index in [2.05, 4.69) is 0 Å². The summed E-state index contributed by atoms with van der Waals surface area (Å²) in [5, 5.41) is 0. The van der Waals surface area contributed by atoms with Gasteiger partial charge in [-0.05, 0) is 12.8 Å². The first-order chi connectivity index (χ1) is 4.91. The average Bonchev–Trinajstić information content (AvgIpc) is 2.09. The van der Waals surface area contributed by atoms with Crippen LogP contribution in [0, 0.1) is 0 Å². The van der Waals surface area contributed by atoms with E-state index in [1.54, 1.807) is 0 Å². The Bertz CT molecular complexity index is 177. The Balaban J connectivity index is 2.54. The molecule has 1 rings (SSSR count). The molecule has 0 spiro atoms. The van der Waals surface area contributed by atoms with E-state index >= 15 is 0 Å². The Morgan fingerprint density at radius 2 is 1.64 bits per heavy atom. The van der Waals surface area contributed by atoms with Crippen LogP contribution in [-0.2, 0) is 4.57 Å². The maximum Gasteiger partial charge on any atom is 0.395 e. The smallest absolute Gasteiger partial charge is 0.323 e. The van der Waals surface area contributed by atoms with Crippen molar-refractivity contribution in [2.45, 2.75) is 19.0 Å². The first-order valence-electron chi connectivity index (χ1n) is 3.55. The highest BCUT2D eigenvalue weighted by atomic mass is 31.2. The van der Waals surface area contributed by atoms with Crippen LogP contribution in [-0.4, -0.2) is 24.7 Å². The second-order valence-corrected chi connectivity index (χ2v) is 6.31. The molecule has 0 aromatic heterocycles. The van der Waals surface area contributed by atoms with Crippen molar-refractivity contribution >= 4 is 7.14 Å². The Morgan fingerprint density at radius 1 is 1.18 bits per heavy atom. The molecule has 1 heterocycles. The predicted octanol–water partition coefficient (Wildman–Crippen LogP) is 2.71. The molecule has 5 heteroatoms. The minimum Gasteiger partial charge on any atom is -0.323 e. The minimum atomic E-state index is -4.24. The highest BCUT2D eigenvalue weighted by Crippen LogP contribution is 2.54. The summed E-state index contributed by atoms with van der Waals surface area (Å²) in [5.41, 5.74) is 0. The van der Waals surface area contributed by atoms with Gasteiger partial charge in [-0.1, -0.05) is 0 Å². The van der Waals surface area contributed by atoms with E-state index < -0.39 is 19.5 Å². The molecule has 66 valence electrons. The molecule has 0 amide bonds. The van der Waals surface area contributed by atoms with Crippen molar-refractivity contribution in [2.75, 3.05) is 18.5 Å². The minimum absolute atomic E-state index is 0.298. The molecule has 0 bridgehead atoms. The molecule has 1 saturated heterocycles. The summed E-state index contributed by atoms with van der Waals surface area (Å²) < 4.78 is 46.7. The molecular weight excluding hydrogens is 176 g/mol. The van der Waals surface area contributed by atoms with Crippen LogP contribution in [0.5, 0.6) is 0 Å². The van der Waals surface area contributed by atoms with Crippen LogP contribution in [0.15, 0.2) is 0 Å². The Labute approximate surface area is 63.3 Å². The van der Waals surface area contributed by atoms with E-state index in [0.29, 0.717) is 25.2 Å². The summed E-state index contributed by atoms with van der Waals surface area (Å²) in [4.78, 5) is 0. The topological polar surface area (TPSA) is 17.1 Å². The first kappa shape index (κ1) is 9.11. The van der Waals surface area contributed by atoms with Gasteiger partial charge in [-0.25, -0.2) is 0 Å². The van der Waals surface area contributed by atoms with Crippen molar-refractivity contribution in [1.29, 1.82) is 0 Å². The van der Waals surface area contributed by atoms with Gasteiger partial charge in [-0.3, -0.25) is 0 Å². The first-order valence-corrected chi connectivity index (χ1v) is 5.81. The normalized spacial score (nSPS) is 23.9. The highest BCUT2D eigenvalue weighted by molar-refractivity contribution is 7.64. The zero-order chi connectivity index (χ0) is 8.54. The fraction of sp³-hybridized carbons (Fsp3) is 1.00. The lowest BCUT2D eigenvalue weighted by Gasteiger charge is -2.12. The second-order valence-electron chi connectivity index (χ2n) is 2.99. The molecule has 1 aliphatic rings. The molecule has 0 aliphatic carbocycles. The molecular formula is C6H10F3OP. The number of hydrogen-bond donors (Lipinski definition) is 0. The van der Waals surface area contributed by atoms with Gasteiger partial charge in [0.1, 0.15) is 0 Å². The van der Waals surface area contributed by atoms with Gasteiger partial charge in [0.25, 0.3) is 0 Å². The van der Waals surface area contributed by atoms with Crippen LogP contribution < -0.4 is 0 Å². The summed E-state index contributed by atoms with van der Waals surface area (Å²) in [6.45, 7) is 0. The summed E-state index contributed by atoms with van der Waals surface area (Å²) in [5.74, 6) is 0. The van der Waals surface area contributed by atoms with E-state index in [-0.39, 0.29) is 0 Å². The molecule has 0 saturated carbocycles. The van der Waals surface area contributed by atoms with Gasteiger partial charge in [-0.15, -0.1) is 0 Å². The average molecular weight is 186 g/mol. The second kappa shape index (κ2) is 2.81. The van der Waals surface area contributed by atoms with Crippen molar-refractivity contribution in [1.82, 2.24) is 0 Å². The number of rotatable bonds is 1. The molecule has 1 nitrogen and oxygen atoms in total. The standard InChI is InChI=1S/C6H10F3OP/c7-6(8,9)5-11(10)3-1-2-4-11/h1-5H2. The van der Waals surface area contributed by atoms with Crippen molar-refractivity contribution in [3.8, 4) is 0 Å². The molecule has 0 radical (unpaired) electrons. The Morgan fingerprint density at radius 3 is 2.00 bits per heavy atom. The SMILES string of the molecule is O=P1(CC(F)(F)F)CCCC1. The van der Waals surface area contributed by atoms with E-state index in [0.717, 1.165) is 0 Å². The zero-order valence-electron chi connectivity index (χ0n) is 6.02. The molecule has 0 aromatic carbocycles. The fourth-order valence-electron chi connectivity index (χ4n) is 1.40. The van der Waals surface area contributed by atoms with Crippen LogP contribution in [0.4, 0.5) is 13.2 Å². The van der Waals surface area contributed by atoms with E-state index in [9.17, 15) is 17.7 Å². The lowest BCUT2D eigenvalue weighted by Crippen LogP contribution is -2.14. The molecule has 0 unspecified atom stereocenters. The van der Waals surface area contributed by atoms with E-state index in [1.807, 2.05) is 0 Å². The predicted molar refractivity (Wildman–Crippen MR) is 37.5 cm³/mol. The van der Waals surface area contributed by atoms with Crippen molar-refractivity contribution in [3.05, 3.63) is 0 Å². The maximum atomic E-state index is 11.8. The van der Waals surface area contributed by atoms with Crippen molar-refractivity contribution in [3.63, 3.8) is 0 Å². The van der Waals surface area contributed by atoms with Gasteiger partial charge in [0, 0.05) is 12.3 Å². The monoisotopic (exact) mass is 186 g/mol. The van der Waals surface area contributed by atoms with E-state index in [1.165, 1.54) is 0 Å². The molecule has 1 aliphatic heterocycles. The molecule has 1 fully saturated rings. The van der Waals surface area contributed by atoms with Gasteiger partial charge < -0.3 is 4.57 Å². The number of hydrogen-bond acceptors (Lipinski definition) is 1. The maximum absolute atomic E-state index is 11.8. The van der Waals surface area contributed by atoms with Crippen molar-refractivity contribution < 1.29 is 17.7 Å². The van der Waals surface area contributed by atoms with Crippen LogP contribution in [0.3, 0.4) is 0 Å². The molecule has 0 atom stereocenters. The lowest BCUT2D eigenvalue weighted by molar-refractivity contribution is -0.106. The van der Waals surface area contributed by atoms with Gasteiger partial charge in [-0.2, -0.15) is 13.2 Å². The summed E-state index contributed by atoms with van der Waals surface area (Å²) in [7, 11) is -2.82. The zero-order valence-corrected chi connectivity index (χ0v) is 6.92. The molecule has 0 N–H and O–H groups in total. The van der Waals surface area contributed by atoms with Gasteiger partial charge in [0.15, 0.2) is 0 Å². The molecule has 11 heavy (non-hydrogen) atoms. The van der Waals surface area contributed by atoms with Gasteiger partial charge in [0.2, 0.25) is 0 Å². The van der Waals surface area contributed by atoms with Gasteiger partial charge in [0.05, 0.1) is 13.3 Å². The number of alkyl halides is 3. The lowest BCUT2D eigenvalue weighted by atomic mass is 10.4. The fourth-order valence-corrected chi connectivity index (χ4v) is 4.19. The third-order valence-corrected chi connectivity index (χ3v) is 5.05. The van der Waals surface area contributed by atoms with Crippen LogP contribution in [0.2, 0.25) is 0 Å². The quantitative estimate of drug-likeness (QED) is 0.575.